The van der Waals surface area contributed by atoms with E-state index in [4.69, 9.17) is 14.5 Å². The molecule has 1 saturated heterocycles. The number of aromatic nitrogens is 3. The summed E-state index contributed by atoms with van der Waals surface area (Å²) in [7, 11) is 0. The monoisotopic (exact) mass is 355 g/mol. The van der Waals surface area contributed by atoms with Crippen LogP contribution in [0.4, 0.5) is 0 Å². The number of carbonyl (C=O) groups excluding carboxylic acids is 1. The zero-order valence-corrected chi connectivity index (χ0v) is 14.8. The Morgan fingerprint density at radius 3 is 2.69 bits per heavy atom. The first-order valence-corrected chi connectivity index (χ1v) is 8.66. The minimum absolute atomic E-state index is 0.138. The molecule has 0 radical (unpaired) electrons. The lowest BCUT2D eigenvalue weighted by Crippen LogP contribution is -2.36. The second-order valence-electron chi connectivity index (χ2n) is 6.59. The van der Waals surface area contributed by atoms with Crippen LogP contribution in [0.25, 0.3) is 0 Å². The molecule has 1 N–H and O–H groups in total. The standard InChI is InChI=1S/C18H21N5O3/c1-11(2)16-22-18(26-23-16)15(13-5-7-25-8-6-13)21-17(24)14-4-3-12(9-19)10-20-14/h3-4,10-11,13,15H,5-8H2,1-2H3,(H,21,24)/t15-/m0/s1. The summed E-state index contributed by atoms with van der Waals surface area (Å²) < 4.78 is 10.9. The fourth-order valence-electron chi connectivity index (χ4n) is 2.85. The number of hydrogen-bond donors (Lipinski definition) is 1. The van der Waals surface area contributed by atoms with Crippen molar-refractivity contribution in [2.75, 3.05) is 13.2 Å². The topological polar surface area (TPSA) is 114 Å². The van der Waals surface area contributed by atoms with Crippen molar-refractivity contribution in [1.82, 2.24) is 20.4 Å². The third-order valence-electron chi connectivity index (χ3n) is 4.39. The largest absolute Gasteiger partial charge is 0.381 e. The van der Waals surface area contributed by atoms with Crippen LogP contribution in [0.15, 0.2) is 22.9 Å². The maximum atomic E-state index is 12.6. The number of carbonyl (C=O) groups is 1. The molecular formula is C18H21N5O3. The van der Waals surface area contributed by atoms with Gasteiger partial charge in [0.25, 0.3) is 5.91 Å². The predicted octanol–water partition coefficient (Wildman–Crippen LogP) is 2.36. The molecule has 136 valence electrons. The molecular weight excluding hydrogens is 334 g/mol. The molecule has 3 heterocycles. The maximum absolute atomic E-state index is 12.6. The maximum Gasteiger partial charge on any atom is 0.270 e. The van der Waals surface area contributed by atoms with Crippen molar-refractivity contribution in [3.8, 4) is 6.07 Å². The van der Waals surface area contributed by atoms with Crippen LogP contribution in [0.3, 0.4) is 0 Å². The van der Waals surface area contributed by atoms with Gasteiger partial charge in [-0.1, -0.05) is 19.0 Å². The molecule has 3 rings (SSSR count). The van der Waals surface area contributed by atoms with E-state index >= 15 is 0 Å². The van der Waals surface area contributed by atoms with E-state index in [-0.39, 0.29) is 23.4 Å². The number of ether oxygens (including phenoxy) is 1. The van der Waals surface area contributed by atoms with Crippen molar-refractivity contribution in [2.45, 2.75) is 38.6 Å². The highest BCUT2D eigenvalue weighted by molar-refractivity contribution is 5.92. The van der Waals surface area contributed by atoms with E-state index in [1.54, 1.807) is 6.07 Å². The van der Waals surface area contributed by atoms with E-state index in [1.807, 2.05) is 19.9 Å². The lowest BCUT2D eigenvalue weighted by molar-refractivity contribution is 0.0467. The number of nitrogens with zero attached hydrogens (tertiary/aromatic N) is 4. The van der Waals surface area contributed by atoms with Crippen LogP contribution in [0.5, 0.6) is 0 Å². The van der Waals surface area contributed by atoms with Gasteiger partial charge in [0.2, 0.25) is 5.89 Å². The Morgan fingerprint density at radius 1 is 1.35 bits per heavy atom. The Bertz CT molecular complexity index is 788. The van der Waals surface area contributed by atoms with Crippen LogP contribution in [-0.4, -0.2) is 34.2 Å². The normalized spacial score (nSPS) is 16.2. The molecule has 0 bridgehead atoms. The van der Waals surface area contributed by atoms with Gasteiger partial charge in [-0.2, -0.15) is 10.2 Å². The molecule has 1 atom stereocenters. The number of rotatable bonds is 5. The highest BCUT2D eigenvalue weighted by Crippen LogP contribution is 2.30. The van der Waals surface area contributed by atoms with Crippen molar-refractivity contribution in [3.05, 3.63) is 41.3 Å². The van der Waals surface area contributed by atoms with E-state index in [0.29, 0.717) is 30.5 Å². The van der Waals surface area contributed by atoms with Gasteiger partial charge in [0, 0.05) is 25.3 Å². The minimum atomic E-state index is -0.399. The Kier molecular flexibility index (Phi) is 5.58. The summed E-state index contributed by atoms with van der Waals surface area (Å²) in [6, 6.07) is 4.68. The number of hydrogen-bond acceptors (Lipinski definition) is 7. The smallest absolute Gasteiger partial charge is 0.270 e. The minimum Gasteiger partial charge on any atom is -0.381 e. The van der Waals surface area contributed by atoms with Gasteiger partial charge in [-0.3, -0.25) is 4.79 Å². The first-order chi connectivity index (χ1) is 12.6. The SMILES string of the molecule is CC(C)c1noc([C@@H](NC(=O)c2ccc(C#N)cn2)C2CCOCC2)n1. The molecule has 1 amide bonds. The summed E-state index contributed by atoms with van der Waals surface area (Å²) >= 11 is 0. The van der Waals surface area contributed by atoms with Crippen LogP contribution in [-0.2, 0) is 4.74 Å². The van der Waals surface area contributed by atoms with Gasteiger partial charge >= 0.3 is 0 Å². The molecule has 1 aliphatic rings. The highest BCUT2D eigenvalue weighted by Gasteiger charge is 2.32. The van der Waals surface area contributed by atoms with Gasteiger partial charge in [-0.05, 0) is 30.9 Å². The summed E-state index contributed by atoms with van der Waals surface area (Å²) in [5, 5.41) is 15.8. The average Bonchev–Trinajstić information content (AvgIpc) is 3.17. The Morgan fingerprint density at radius 2 is 2.12 bits per heavy atom. The molecule has 0 saturated carbocycles. The number of nitriles is 1. The summed E-state index contributed by atoms with van der Waals surface area (Å²) in [5.74, 6) is 0.964. The average molecular weight is 355 g/mol. The zero-order chi connectivity index (χ0) is 18.5. The van der Waals surface area contributed by atoms with Crippen molar-refractivity contribution in [1.29, 1.82) is 5.26 Å². The van der Waals surface area contributed by atoms with E-state index in [2.05, 4.69) is 20.4 Å². The van der Waals surface area contributed by atoms with E-state index in [1.165, 1.54) is 12.3 Å². The van der Waals surface area contributed by atoms with Gasteiger partial charge in [0.1, 0.15) is 17.8 Å². The Balaban J connectivity index is 1.82. The summed E-state index contributed by atoms with van der Waals surface area (Å²) in [4.78, 5) is 21.1. The molecule has 1 fully saturated rings. The molecule has 0 aliphatic carbocycles. The van der Waals surface area contributed by atoms with Gasteiger partial charge in [0.15, 0.2) is 5.82 Å². The third-order valence-corrected chi connectivity index (χ3v) is 4.39. The molecule has 0 unspecified atom stereocenters. The molecule has 0 spiro atoms. The quantitative estimate of drug-likeness (QED) is 0.875. The first-order valence-electron chi connectivity index (χ1n) is 8.66. The van der Waals surface area contributed by atoms with Crippen LogP contribution >= 0.6 is 0 Å². The second-order valence-corrected chi connectivity index (χ2v) is 6.59. The molecule has 8 nitrogen and oxygen atoms in total. The molecule has 2 aromatic heterocycles. The molecule has 1 aliphatic heterocycles. The van der Waals surface area contributed by atoms with Gasteiger partial charge in [0.05, 0.1) is 5.56 Å². The highest BCUT2D eigenvalue weighted by atomic mass is 16.5. The van der Waals surface area contributed by atoms with Crippen LogP contribution < -0.4 is 5.32 Å². The van der Waals surface area contributed by atoms with Gasteiger partial charge < -0.3 is 14.6 Å². The van der Waals surface area contributed by atoms with Crippen LogP contribution in [0.1, 0.15) is 66.4 Å². The molecule has 8 heteroatoms. The van der Waals surface area contributed by atoms with E-state index in [0.717, 1.165) is 12.8 Å². The van der Waals surface area contributed by atoms with E-state index in [9.17, 15) is 4.79 Å². The van der Waals surface area contributed by atoms with Crippen LogP contribution in [0, 0.1) is 17.2 Å². The summed E-state index contributed by atoms with van der Waals surface area (Å²) in [6.45, 7) is 5.24. The zero-order valence-electron chi connectivity index (χ0n) is 14.8. The Labute approximate surface area is 151 Å². The van der Waals surface area contributed by atoms with Crippen molar-refractivity contribution < 1.29 is 14.1 Å². The van der Waals surface area contributed by atoms with E-state index < -0.39 is 6.04 Å². The Hall–Kier alpha value is -2.79. The number of pyridine rings is 1. The van der Waals surface area contributed by atoms with Crippen molar-refractivity contribution in [2.24, 2.45) is 5.92 Å². The number of nitrogens with one attached hydrogen (secondary N) is 1. The third kappa shape index (κ3) is 4.06. The van der Waals surface area contributed by atoms with Crippen molar-refractivity contribution in [3.63, 3.8) is 0 Å². The number of amides is 1. The second kappa shape index (κ2) is 8.06. The lowest BCUT2D eigenvalue weighted by Gasteiger charge is -2.28. The molecule has 0 aromatic carbocycles. The lowest BCUT2D eigenvalue weighted by atomic mass is 9.91. The molecule has 2 aromatic rings. The fraction of sp³-hybridized carbons (Fsp3) is 0.500. The summed E-state index contributed by atoms with van der Waals surface area (Å²) in [6.07, 6.45) is 2.97. The van der Waals surface area contributed by atoms with Gasteiger partial charge in [-0.15, -0.1) is 0 Å². The fourth-order valence-corrected chi connectivity index (χ4v) is 2.85. The van der Waals surface area contributed by atoms with Crippen LogP contribution in [0.2, 0.25) is 0 Å². The first kappa shape index (κ1) is 18.0. The molecule has 26 heavy (non-hydrogen) atoms. The van der Waals surface area contributed by atoms with Crippen molar-refractivity contribution >= 4 is 5.91 Å². The predicted molar refractivity (Wildman–Crippen MR) is 91.1 cm³/mol. The van der Waals surface area contributed by atoms with Gasteiger partial charge in [-0.25, -0.2) is 4.98 Å². The summed E-state index contributed by atoms with van der Waals surface area (Å²) in [5.41, 5.74) is 0.644.